The van der Waals surface area contributed by atoms with Crippen LogP contribution in [0.2, 0.25) is 0 Å². The predicted octanol–water partition coefficient (Wildman–Crippen LogP) is 3.86. The summed E-state index contributed by atoms with van der Waals surface area (Å²) in [7, 11) is 1.90. The predicted molar refractivity (Wildman–Crippen MR) is 82.1 cm³/mol. The van der Waals surface area contributed by atoms with Crippen molar-refractivity contribution in [2.45, 2.75) is 6.61 Å². The van der Waals surface area contributed by atoms with Crippen LogP contribution in [-0.2, 0) is 6.61 Å². The first-order valence-electron chi connectivity index (χ1n) is 6.60. The Balaban J connectivity index is 1.79. The number of para-hydroxylation sites is 1. The summed E-state index contributed by atoms with van der Waals surface area (Å²) in [6.07, 6.45) is 1.81. The second-order valence-corrected chi connectivity index (χ2v) is 4.56. The van der Waals surface area contributed by atoms with E-state index in [-0.39, 0.29) is 0 Å². The number of ether oxygens (including phenoxy) is 1. The first kappa shape index (κ1) is 12.5. The van der Waals surface area contributed by atoms with Crippen LogP contribution in [0.3, 0.4) is 0 Å². The number of nitrogens with one attached hydrogen (secondary N) is 1. The SMILES string of the molecule is CNc1ccc(OCc2cccc3cccnc23)cc1. The molecule has 2 aromatic carbocycles. The van der Waals surface area contributed by atoms with Gasteiger partial charge in [0.05, 0.1) is 5.52 Å². The Labute approximate surface area is 118 Å². The zero-order chi connectivity index (χ0) is 13.8. The summed E-state index contributed by atoms with van der Waals surface area (Å²) in [5.74, 6) is 0.858. The molecule has 1 aromatic heterocycles. The molecule has 100 valence electrons. The summed E-state index contributed by atoms with van der Waals surface area (Å²) in [4.78, 5) is 4.43. The van der Waals surface area contributed by atoms with E-state index in [9.17, 15) is 0 Å². The highest BCUT2D eigenvalue weighted by atomic mass is 16.5. The highest BCUT2D eigenvalue weighted by molar-refractivity contribution is 5.81. The van der Waals surface area contributed by atoms with Crippen molar-refractivity contribution in [3.05, 3.63) is 66.4 Å². The lowest BCUT2D eigenvalue weighted by molar-refractivity contribution is 0.307. The lowest BCUT2D eigenvalue weighted by Crippen LogP contribution is -1.97. The van der Waals surface area contributed by atoms with Crippen LogP contribution in [0.4, 0.5) is 5.69 Å². The maximum absolute atomic E-state index is 5.83. The molecular formula is C17H16N2O. The Morgan fingerprint density at radius 2 is 1.80 bits per heavy atom. The molecule has 0 spiro atoms. The normalized spacial score (nSPS) is 10.4. The third-order valence-electron chi connectivity index (χ3n) is 3.25. The summed E-state index contributed by atoms with van der Waals surface area (Å²) >= 11 is 0. The molecule has 0 amide bonds. The fraction of sp³-hybridized carbons (Fsp3) is 0.118. The van der Waals surface area contributed by atoms with Crippen LogP contribution in [0.5, 0.6) is 5.75 Å². The maximum Gasteiger partial charge on any atom is 0.119 e. The van der Waals surface area contributed by atoms with Crippen LogP contribution in [0, 0.1) is 0 Å². The fourth-order valence-corrected chi connectivity index (χ4v) is 2.16. The van der Waals surface area contributed by atoms with Gasteiger partial charge in [0.25, 0.3) is 0 Å². The minimum Gasteiger partial charge on any atom is -0.489 e. The van der Waals surface area contributed by atoms with Crippen molar-refractivity contribution in [1.29, 1.82) is 0 Å². The Morgan fingerprint density at radius 3 is 2.60 bits per heavy atom. The van der Waals surface area contributed by atoms with Crippen LogP contribution < -0.4 is 10.1 Å². The third kappa shape index (κ3) is 2.57. The molecule has 0 saturated heterocycles. The van der Waals surface area contributed by atoms with Gasteiger partial charge in [-0.1, -0.05) is 24.3 Å². The number of anilines is 1. The average Bonchev–Trinajstić information content (AvgIpc) is 2.53. The number of fused-ring (bicyclic) bond motifs is 1. The molecule has 0 aliphatic heterocycles. The van der Waals surface area contributed by atoms with Gasteiger partial charge in [-0.25, -0.2) is 0 Å². The van der Waals surface area contributed by atoms with Gasteiger partial charge in [-0.3, -0.25) is 4.98 Å². The van der Waals surface area contributed by atoms with Crippen molar-refractivity contribution in [2.75, 3.05) is 12.4 Å². The number of nitrogens with zero attached hydrogens (tertiary/aromatic N) is 1. The van der Waals surface area contributed by atoms with E-state index in [1.807, 2.05) is 49.6 Å². The van der Waals surface area contributed by atoms with Crippen LogP contribution in [0.1, 0.15) is 5.56 Å². The largest absolute Gasteiger partial charge is 0.489 e. The molecule has 3 heteroatoms. The number of rotatable bonds is 4. The Morgan fingerprint density at radius 1 is 1.00 bits per heavy atom. The van der Waals surface area contributed by atoms with Crippen molar-refractivity contribution in [3.63, 3.8) is 0 Å². The summed E-state index contributed by atoms with van der Waals surface area (Å²) < 4.78 is 5.83. The third-order valence-corrected chi connectivity index (χ3v) is 3.25. The van der Waals surface area contributed by atoms with Crippen molar-refractivity contribution in [1.82, 2.24) is 4.98 Å². The Bertz CT molecular complexity index is 702. The molecule has 0 aliphatic carbocycles. The lowest BCUT2D eigenvalue weighted by Gasteiger charge is -2.09. The molecule has 1 heterocycles. The molecule has 1 N–H and O–H groups in total. The number of aromatic nitrogens is 1. The van der Waals surface area contributed by atoms with Gasteiger partial charge in [0.15, 0.2) is 0 Å². The molecule has 0 atom stereocenters. The van der Waals surface area contributed by atoms with Crippen molar-refractivity contribution >= 4 is 16.6 Å². The smallest absolute Gasteiger partial charge is 0.119 e. The highest BCUT2D eigenvalue weighted by Crippen LogP contribution is 2.20. The monoisotopic (exact) mass is 264 g/mol. The molecule has 20 heavy (non-hydrogen) atoms. The molecule has 3 rings (SSSR count). The second kappa shape index (κ2) is 5.61. The Hall–Kier alpha value is -2.55. The zero-order valence-electron chi connectivity index (χ0n) is 11.3. The van der Waals surface area contributed by atoms with Crippen LogP contribution >= 0.6 is 0 Å². The second-order valence-electron chi connectivity index (χ2n) is 4.56. The van der Waals surface area contributed by atoms with Gasteiger partial charge in [0, 0.05) is 29.9 Å². The minimum atomic E-state index is 0.521. The number of hydrogen-bond donors (Lipinski definition) is 1. The molecule has 3 aromatic rings. The molecule has 0 saturated carbocycles. The fourth-order valence-electron chi connectivity index (χ4n) is 2.16. The van der Waals surface area contributed by atoms with E-state index in [4.69, 9.17) is 4.74 Å². The molecule has 0 aliphatic rings. The van der Waals surface area contributed by atoms with Crippen LogP contribution in [0.15, 0.2) is 60.8 Å². The van der Waals surface area contributed by atoms with Gasteiger partial charge < -0.3 is 10.1 Å². The maximum atomic E-state index is 5.83. The molecule has 0 radical (unpaired) electrons. The summed E-state index contributed by atoms with van der Waals surface area (Å²) in [6.45, 7) is 0.521. The van der Waals surface area contributed by atoms with Crippen molar-refractivity contribution in [2.24, 2.45) is 0 Å². The van der Waals surface area contributed by atoms with Gasteiger partial charge in [-0.15, -0.1) is 0 Å². The highest BCUT2D eigenvalue weighted by Gasteiger charge is 2.02. The summed E-state index contributed by atoms with van der Waals surface area (Å²) in [5, 5.41) is 4.22. The molecule has 0 bridgehead atoms. The van der Waals surface area contributed by atoms with Crippen molar-refractivity contribution < 1.29 is 4.74 Å². The number of pyridine rings is 1. The average molecular weight is 264 g/mol. The molecule has 0 unspecified atom stereocenters. The van der Waals surface area contributed by atoms with E-state index in [1.165, 1.54) is 0 Å². The number of benzene rings is 2. The summed E-state index contributed by atoms with van der Waals surface area (Å²) in [5.41, 5.74) is 3.17. The zero-order valence-corrected chi connectivity index (χ0v) is 11.3. The van der Waals surface area contributed by atoms with E-state index >= 15 is 0 Å². The first-order valence-corrected chi connectivity index (χ1v) is 6.60. The number of hydrogen-bond acceptors (Lipinski definition) is 3. The summed E-state index contributed by atoms with van der Waals surface area (Å²) in [6, 6.07) is 18.1. The quantitative estimate of drug-likeness (QED) is 0.777. The van der Waals surface area contributed by atoms with Gasteiger partial charge >= 0.3 is 0 Å². The van der Waals surface area contributed by atoms with E-state index in [1.54, 1.807) is 0 Å². The molecule has 0 fully saturated rings. The van der Waals surface area contributed by atoms with Crippen LogP contribution in [0.25, 0.3) is 10.9 Å². The topological polar surface area (TPSA) is 34.1 Å². The Kier molecular flexibility index (Phi) is 3.50. The van der Waals surface area contributed by atoms with E-state index < -0.39 is 0 Å². The standard InChI is InChI=1S/C17H16N2O/c1-18-15-7-9-16(10-8-15)20-12-14-5-2-4-13-6-3-11-19-17(13)14/h2-11,18H,12H2,1H3. The van der Waals surface area contributed by atoms with E-state index in [2.05, 4.69) is 28.5 Å². The van der Waals surface area contributed by atoms with Crippen LogP contribution in [-0.4, -0.2) is 12.0 Å². The lowest BCUT2D eigenvalue weighted by atomic mass is 10.1. The van der Waals surface area contributed by atoms with Gasteiger partial charge in [0.1, 0.15) is 12.4 Å². The van der Waals surface area contributed by atoms with E-state index in [0.717, 1.165) is 27.9 Å². The molecule has 3 nitrogen and oxygen atoms in total. The van der Waals surface area contributed by atoms with Gasteiger partial charge in [-0.05, 0) is 30.3 Å². The molecular weight excluding hydrogens is 248 g/mol. The first-order chi connectivity index (χ1) is 9.86. The minimum absolute atomic E-state index is 0.521. The van der Waals surface area contributed by atoms with Gasteiger partial charge in [0.2, 0.25) is 0 Å². The van der Waals surface area contributed by atoms with E-state index in [0.29, 0.717) is 6.61 Å². The van der Waals surface area contributed by atoms with Crippen molar-refractivity contribution in [3.8, 4) is 5.75 Å². The van der Waals surface area contributed by atoms with Gasteiger partial charge in [-0.2, -0.15) is 0 Å².